The predicted molar refractivity (Wildman–Crippen MR) is 114 cm³/mol. The van der Waals surface area contributed by atoms with E-state index >= 15 is 0 Å². The van der Waals surface area contributed by atoms with Crippen LogP contribution in [0.25, 0.3) is 22.3 Å². The zero-order chi connectivity index (χ0) is 20.0. The summed E-state index contributed by atoms with van der Waals surface area (Å²) >= 11 is 0. The van der Waals surface area contributed by atoms with E-state index in [-0.39, 0.29) is 11.4 Å². The largest absolute Gasteiger partial charge is 0.370 e. The fourth-order valence-corrected chi connectivity index (χ4v) is 4.74. The molecule has 3 heterocycles. The summed E-state index contributed by atoms with van der Waals surface area (Å²) in [6.45, 7) is 5.48. The number of anilines is 1. The third-order valence-electron chi connectivity index (χ3n) is 6.28. The topological polar surface area (TPSA) is 41.4 Å². The Morgan fingerprint density at radius 2 is 1.97 bits per heavy atom. The minimum atomic E-state index is -0.339. The van der Waals surface area contributed by atoms with Crippen molar-refractivity contribution in [2.75, 3.05) is 37.6 Å². The Hall–Kier alpha value is -2.73. The van der Waals surface area contributed by atoms with E-state index in [0.29, 0.717) is 28.2 Å². The maximum atomic E-state index is 13.7. The lowest BCUT2D eigenvalue weighted by atomic mass is 9.98. The van der Waals surface area contributed by atoms with E-state index in [1.54, 1.807) is 19.2 Å². The number of hydrogen-bond acceptors (Lipinski definition) is 4. The molecule has 3 aromatic rings. The van der Waals surface area contributed by atoms with Crippen molar-refractivity contribution < 1.29 is 4.39 Å². The highest BCUT2D eigenvalue weighted by Crippen LogP contribution is 2.27. The van der Waals surface area contributed by atoms with Gasteiger partial charge < -0.3 is 9.80 Å². The Balaban J connectivity index is 1.55. The summed E-state index contributed by atoms with van der Waals surface area (Å²) < 4.78 is 15.2. The molecule has 2 unspecified atom stereocenters. The predicted octanol–water partition coefficient (Wildman–Crippen LogP) is 3.27. The van der Waals surface area contributed by atoms with Crippen molar-refractivity contribution in [3.8, 4) is 11.4 Å². The summed E-state index contributed by atoms with van der Waals surface area (Å²) in [5.74, 6) is 0.832. The second-order valence-corrected chi connectivity index (χ2v) is 8.27. The molecular weight excluding hydrogens is 367 g/mol. The van der Waals surface area contributed by atoms with Gasteiger partial charge in [-0.15, -0.1) is 0 Å². The van der Waals surface area contributed by atoms with Gasteiger partial charge in [-0.3, -0.25) is 9.36 Å². The number of benzene rings is 2. The molecule has 0 saturated carbocycles. The van der Waals surface area contributed by atoms with Crippen molar-refractivity contribution >= 4 is 16.6 Å². The molecule has 29 heavy (non-hydrogen) atoms. The van der Waals surface area contributed by atoms with Gasteiger partial charge in [0.1, 0.15) is 11.6 Å². The maximum Gasteiger partial charge on any atom is 0.261 e. The van der Waals surface area contributed by atoms with Gasteiger partial charge in [-0.25, -0.2) is 9.37 Å². The standard InChI is InChI=1S/C23H25FN4O/c1-26-22(17-5-2-6-18(24)12-17)25-21-8-7-19(13-20(21)23(26)29)28-11-10-27-9-3-4-16(14-27)15-28/h2,5-8,12-13,16H,3-4,9-11,14-15H2,1H3. The van der Waals surface area contributed by atoms with E-state index in [9.17, 15) is 9.18 Å². The first-order chi connectivity index (χ1) is 14.1. The van der Waals surface area contributed by atoms with Gasteiger partial charge in [-0.1, -0.05) is 12.1 Å². The molecule has 5 rings (SSSR count). The molecule has 2 saturated heterocycles. The molecule has 0 aliphatic carbocycles. The second-order valence-electron chi connectivity index (χ2n) is 8.27. The van der Waals surface area contributed by atoms with Gasteiger partial charge in [0.15, 0.2) is 0 Å². The smallest absolute Gasteiger partial charge is 0.261 e. The van der Waals surface area contributed by atoms with E-state index < -0.39 is 0 Å². The van der Waals surface area contributed by atoms with Crippen molar-refractivity contribution in [3.63, 3.8) is 0 Å². The van der Waals surface area contributed by atoms with Crippen molar-refractivity contribution in [2.24, 2.45) is 13.0 Å². The Morgan fingerprint density at radius 3 is 2.83 bits per heavy atom. The molecule has 150 valence electrons. The lowest BCUT2D eigenvalue weighted by molar-refractivity contribution is 0.201. The Kier molecular flexibility index (Phi) is 4.59. The van der Waals surface area contributed by atoms with Crippen LogP contribution in [0.15, 0.2) is 47.3 Å². The van der Waals surface area contributed by atoms with Gasteiger partial charge >= 0.3 is 0 Å². The molecule has 6 heteroatoms. The molecule has 1 aromatic heterocycles. The number of piperidine rings is 1. The highest BCUT2D eigenvalue weighted by molar-refractivity contribution is 5.83. The van der Waals surface area contributed by atoms with E-state index in [1.807, 2.05) is 12.1 Å². The van der Waals surface area contributed by atoms with Gasteiger partial charge in [0.25, 0.3) is 5.56 Å². The quantitative estimate of drug-likeness (QED) is 0.671. The van der Waals surface area contributed by atoms with Gasteiger partial charge in [0, 0.05) is 44.5 Å². The van der Waals surface area contributed by atoms with Crippen LogP contribution in [0.4, 0.5) is 10.1 Å². The van der Waals surface area contributed by atoms with Crippen LogP contribution >= 0.6 is 0 Å². The molecule has 0 radical (unpaired) electrons. The minimum absolute atomic E-state index is 0.103. The maximum absolute atomic E-state index is 13.7. The number of nitrogens with zero attached hydrogens (tertiary/aromatic N) is 4. The molecule has 2 aliphatic heterocycles. The molecule has 2 aromatic carbocycles. The van der Waals surface area contributed by atoms with Crippen molar-refractivity contribution in [2.45, 2.75) is 12.8 Å². The van der Waals surface area contributed by atoms with Gasteiger partial charge in [0.05, 0.1) is 10.9 Å². The lowest BCUT2D eigenvalue weighted by Gasteiger charge is -2.29. The second kappa shape index (κ2) is 7.26. The molecule has 5 nitrogen and oxygen atoms in total. The average Bonchev–Trinajstić information content (AvgIpc) is 2.88. The zero-order valence-electron chi connectivity index (χ0n) is 16.6. The highest BCUT2D eigenvalue weighted by Gasteiger charge is 2.26. The number of rotatable bonds is 2. The molecule has 2 atom stereocenters. The summed E-state index contributed by atoms with van der Waals surface area (Å²) in [5, 5.41) is 0.609. The van der Waals surface area contributed by atoms with Crippen LogP contribution in [0.3, 0.4) is 0 Å². The van der Waals surface area contributed by atoms with Crippen LogP contribution in [-0.4, -0.2) is 47.2 Å². The molecule has 2 bridgehead atoms. The van der Waals surface area contributed by atoms with Crippen LogP contribution < -0.4 is 10.5 Å². The Labute approximate surface area is 169 Å². The van der Waals surface area contributed by atoms with Gasteiger partial charge in [-0.2, -0.15) is 0 Å². The SMILES string of the molecule is Cn1c(-c2cccc(F)c2)nc2ccc(N3CCN4CCCC(C4)C3)cc2c1=O. The van der Waals surface area contributed by atoms with Crippen LogP contribution in [0.5, 0.6) is 0 Å². The molecular formula is C23H25FN4O. The van der Waals surface area contributed by atoms with Crippen LogP contribution in [0.1, 0.15) is 12.8 Å². The van der Waals surface area contributed by atoms with E-state index in [1.165, 1.54) is 42.6 Å². The van der Waals surface area contributed by atoms with Gasteiger partial charge in [-0.05, 0) is 55.6 Å². The number of aromatic nitrogens is 2. The monoisotopic (exact) mass is 392 g/mol. The average molecular weight is 392 g/mol. The van der Waals surface area contributed by atoms with E-state index in [4.69, 9.17) is 0 Å². The first kappa shape index (κ1) is 18.3. The highest BCUT2D eigenvalue weighted by atomic mass is 19.1. The first-order valence-corrected chi connectivity index (χ1v) is 10.3. The molecule has 0 spiro atoms. The summed E-state index contributed by atoms with van der Waals surface area (Å²) in [5.41, 5.74) is 2.23. The summed E-state index contributed by atoms with van der Waals surface area (Å²) in [6, 6.07) is 12.2. The third kappa shape index (κ3) is 3.42. The molecule has 2 fully saturated rings. The minimum Gasteiger partial charge on any atom is -0.370 e. The number of halogens is 1. The zero-order valence-corrected chi connectivity index (χ0v) is 16.6. The van der Waals surface area contributed by atoms with Gasteiger partial charge in [0.2, 0.25) is 0 Å². The number of hydrogen-bond donors (Lipinski definition) is 0. The van der Waals surface area contributed by atoms with E-state index in [0.717, 1.165) is 25.3 Å². The van der Waals surface area contributed by atoms with Crippen LogP contribution in [-0.2, 0) is 7.05 Å². The first-order valence-electron chi connectivity index (χ1n) is 10.3. The van der Waals surface area contributed by atoms with Crippen LogP contribution in [0.2, 0.25) is 0 Å². The van der Waals surface area contributed by atoms with E-state index in [2.05, 4.69) is 20.9 Å². The molecule has 0 amide bonds. The fraction of sp³-hybridized carbons (Fsp3) is 0.391. The summed E-state index contributed by atoms with van der Waals surface area (Å²) in [6.07, 6.45) is 2.56. The normalized spacial score (nSPS) is 21.9. The Bertz CT molecular complexity index is 1130. The van der Waals surface area contributed by atoms with Crippen LogP contribution in [0, 0.1) is 11.7 Å². The van der Waals surface area contributed by atoms with Crippen molar-refractivity contribution in [1.29, 1.82) is 0 Å². The summed E-state index contributed by atoms with van der Waals surface area (Å²) in [7, 11) is 1.70. The van der Waals surface area contributed by atoms with Crippen molar-refractivity contribution in [3.05, 3.63) is 58.6 Å². The third-order valence-corrected chi connectivity index (χ3v) is 6.28. The summed E-state index contributed by atoms with van der Waals surface area (Å²) in [4.78, 5) is 22.7. The molecule has 0 N–H and O–H groups in total. The number of fused-ring (bicyclic) bond motifs is 3. The fourth-order valence-electron chi connectivity index (χ4n) is 4.74. The molecule has 2 aliphatic rings. The Morgan fingerprint density at radius 1 is 1.07 bits per heavy atom. The lowest BCUT2D eigenvalue weighted by Crippen LogP contribution is -2.35. The van der Waals surface area contributed by atoms with Crippen molar-refractivity contribution in [1.82, 2.24) is 14.5 Å².